The van der Waals surface area contributed by atoms with Crippen LogP contribution in [0.1, 0.15) is 7.85 Å². The lowest BCUT2D eigenvalue weighted by atomic mass is 9.80. The van der Waals surface area contributed by atoms with Crippen LogP contribution in [0.15, 0.2) is 0 Å². The van der Waals surface area contributed by atoms with Crippen molar-refractivity contribution in [1.82, 2.24) is 10.2 Å². The average Bonchev–Trinajstić information content (AvgIpc) is 2.12. The first-order valence-corrected chi connectivity index (χ1v) is 3.70. The number of nitrogens with zero attached hydrogens (tertiary/aromatic N) is 1. The summed E-state index contributed by atoms with van der Waals surface area (Å²) in [6.45, 7) is 5.14. The van der Waals surface area contributed by atoms with E-state index in [0.717, 1.165) is 0 Å². The second kappa shape index (κ2) is 1.70. The van der Waals surface area contributed by atoms with Crippen LogP contribution < -0.4 is 5.32 Å². The van der Waals surface area contributed by atoms with E-state index in [-0.39, 0.29) is 1.43 Å². The lowest BCUT2D eigenvalue weighted by Gasteiger charge is -2.45. The van der Waals surface area contributed by atoms with E-state index in [1.54, 1.807) is 0 Å². The summed E-state index contributed by atoms with van der Waals surface area (Å²) >= 11 is 0. The molecule has 2 heteroatoms. The van der Waals surface area contributed by atoms with Crippen molar-refractivity contribution in [1.29, 1.82) is 0 Å². The fourth-order valence-electron chi connectivity index (χ4n) is 2.16. The van der Waals surface area contributed by atoms with Crippen LogP contribution in [0.5, 0.6) is 0 Å². The number of rotatable bonds is 0. The Morgan fingerprint density at radius 2 is 2.33 bits per heavy atom. The molecule has 0 unspecified atom stereocenters. The highest BCUT2D eigenvalue weighted by Crippen LogP contribution is 2.34. The van der Waals surface area contributed by atoms with Crippen molar-refractivity contribution in [2.24, 2.45) is 5.41 Å². The van der Waals surface area contributed by atoms with Crippen molar-refractivity contribution in [3.8, 4) is 0 Å². The summed E-state index contributed by atoms with van der Waals surface area (Å²) in [5.74, 6) is 0. The predicted octanol–water partition coefficient (Wildman–Crippen LogP) is 0.158. The van der Waals surface area contributed by atoms with Gasteiger partial charge in [0.1, 0.15) is 0 Å². The van der Waals surface area contributed by atoms with Crippen LogP contribution in [-0.4, -0.2) is 38.1 Å². The van der Waals surface area contributed by atoms with E-state index < -0.39 is 0 Å². The molecule has 2 aliphatic rings. The lowest BCUT2D eigenvalue weighted by Crippen LogP contribution is -2.55. The van der Waals surface area contributed by atoms with Crippen LogP contribution in [-0.2, 0) is 0 Å². The van der Waals surface area contributed by atoms with Crippen LogP contribution in [0.2, 0.25) is 0 Å². The average molecular weight is 128 g/mol. The van der Waals surface area contributed by atoms with E-state index in [1.165, 1.54) is 32.6 Å². The molecule has 0 aromatic heterocycles. The molecule has 0 amide bonds. The lowest BCUT2D eigenvalue weighted by molar-refractivity contribution is 0.0409. The third-order valence-electron chi connectivity index (χ3n) is 2.54. The number of hydrogen-bond acceptors (Lipinski definition) is 2. The molecular weight excluding hydrogens is 112 g/mol. The van der Waals surface area contributed by atoms with Gasteiger partial charge < -0.3 is 10.2 Å². The largest absolute Gasteiger partial charge is 0.316 e. The second-order valence-corrected chi connectivity index (χ2v) is 3.60. The first-order valence-electron chi connectivity index (χ1n) is 3.70. The van der Waals surface area contributed by atoms with Gasteiger partial charge in [-0.3, -0.25) is 0 Å². The molecule has 0 aromatic carbocycles. The van der Waals surface area contributed by atoms with Gasteiger partial charge in [0, 0.05) is 26.5 Å². The van der Waals surface area contributed by atoms with Crippen molar-refractivity contribution in [2.45, 2.75) is 6.42 Å². The monoisotopic (exact) mass is 128 g/mol. The van der Waals surface area contributed by atoms with Crippen molar-refractivity contribution in [2.75, 3.05) is 33.2 Å². The molecule has 0 bridgehead atoms. The van der Waals surface area contributed by atoms with Gasteiger partial charge in [-0.15, -0.1) is 0 Å². The maximum Gasteiger partial charge on any atom is 0.00940 e. The maximum atomic E-state index is 3.41. The van der Waals surface area contributed by atoms with Crippen LogP contribution in [0.4, 0.5) is 0 Å². The van der Waals surface area contributed by atoms with E-state index in [9.17, 15) is 0 Å². The Balaban J connectivity index is 0.000000500. The molecule has 1 spiro atoms. The molecule has 1 N–H and O–H groups in total. The van der Waals surface area contributed by atoms with Gasteiger partial charge >= 0.3 is 0 Å². The minimum absolute atomic E-state index is 0. The molecule has 2 heterocycles. The summed E-state index contributed by atoms with van der Waals surface area (Å²) < 4.78 is 0. The molecule has 0 aromatic rings. The van der Waals surface area contributed by atoms with Crippen LogP contribution in [0.25, 0.3) is 0 Å². The molecule has 2 aliphatic heterocycles. The van der Waals surface area contributed by atoms with Gasteiger partial charge in [-0.2, -0.15) is 0 Å². The summed E-state index contributed by atoms with van der Waals surface area (Å²) in [4.78, 5) is 2.40. The van der Waals surface area contributed by atoms with Gasteiger partial charge in [0.05, 0.1) is 0 Å². The van der Waals surface area contributed by atoms with E-state index in [4.69, 9.17) is 0 Å². The maximum absolute atomic E-state index is 3.41. The Kier molecular flexibility index (Phi) is 1.08. The smallest absolute Gasteiger partial charge is 0.00940 e. The van der Waals surface area contributed by atoms with Gasteiger partial charge in [-0.25, -0.2) is 0 Å². The molecule has 2 rings (SSSR count). The zero-order chi connectivity index (χ0) is 6.32. The number of nitrogens with one attached hydrogen (secondary N) is 1. The minimum atomic E-state index is 0. The summed E-state index contributed by atoms with van der Waals surface area (Å²) in [6.07, 6.45) is 1.40. The first-order chi connectivity index (χ1) is 4.31. The standard InChI is InChI=1S/C7H14N2.H2/c1-9-5-7(6-9)2-3-8-4-7;/h8H,2-6H2,1H3;1H. The zero-order valence-corrected chi connectivity index (χ0v) is 5.98. The molecule has 0 radical (unpaired) electrons. The summed E-state index contributed by atoms with van der Waals surface area (Å²) in [5.41, 5.74) is 0.703. The normalized spacial score (nSPS) is 33.0. The van der Waals surface area contributed by atoms with Crippen LogP contribution >= 0.6 is 0 Å². The second-order valence-electron chi connectivity index (χ2n) is 3.60. The van der Waals surface area contributed by atoms with Crippen LogP contribution in [0, 0.1) is 5.41 Å². The fourth-order valence-corrected chi connectivity index (χ4v) is 2.16. The third-order valence-corrected chi connectivity index (χ3v) is 2.54. The number of hydrogen-bond donors (Lipinski definition) is 1. The molecule has 0 saturated carbocycles. The van der Waals surface area contributed by atoms with E-state index in [1.807, 2.05) is 0 Å². The minimum Gasteiger partial charge on any atom is -0.316 e. The number of likely N-dealkylation sites (tertiary alicyclic amines) is 1. The quantitative estimate of drug-likeness (QED) is 0.500. The van der Waals surface area contributed by atoms with Crippen LogP contribution in [0.3, 0.4) is 0 Å². The van der Waals surface area contributed by atoms with E-state index in [0.29, 0.717) is 5.41 Å². The summed E-state index contributed by atoms with van der Waals surface area (Å²) in [7, 11) is 2.20. The molecule has 0 aliphatic carbocycles. The Hall–Kier alpha value is -0.0800. The van der Waals surface area contributed by atoms with Gasteiger partial charge in [-0.1, -0.05) is 0 Å². The first kappa shape index (κ1) is 5.69. The Labute approximate surface area is 57.7 Å². The zero-order valence-electron chi connectivity index (χ0n) is 5.98. The molecule has 2 fully saturated rings. The molecule has 2 saturated heterocycles. The van der Waals surface area contributed by atoms with Gasteiger partial charge in [0.25, 0.3) is 0 Å². The van der Waals surface area contributed by atoms with E-state index >= 15 is 0 Å². The molecule has 54 valence electrons. The Morgan fingerprint density at radius 1 is 1.56 bits per heavy atom. The third kappa shape index (κ3) is 0.775. The highest BCUT2D eigenvalue weighted by Gasteiger charge is 2.42. The molecule has 9 heavy (non-hydrogen) atoms. The summed E-state index contributed by atoms with van der Waals surface area (Å²) in [5, 5.41) is 3.41. The summed E-state index contributed by atoms with van der Waals surface area (Å²) in [6, 6.07) is 0. The topological polar surface area (TPSA) is 15.3 Å². The Bertz CT molecular complexity index is 113. The van der Waals surface area contributed by atoms with Crippen molar-refractivity contribution in [3.63, 3.8) is 0 Å². The SMILES string of the molecule is CN1CC2(CCNC2)C1.[HH]. The van der Waals surface area contributed by atoms with Gasteiger partial charge in [0.2, 0.25) is 0 Å². The highest BCUT2D eigenvalue weighted by molar-refractivity contribution is 4.98. The van der Waals surface area contributed by atoms with Gasteiger partial charge in [-0.05, 0) is 20.0 Å². The predicted molar refractivity (Wildman–Crippen MR) is 39.5 cm³/mol. The van der Waals surface area contributed by atoms with Crippen molar-refractivity contribution < 1.29 is 1.43 Å². The van der Waals surface area contributed by atoms with Gasteiger partial charge in [0.15, 0.2) is 0 Å². The van der Waals surface area contributed by atoms with E-state index in [2.05, 4.69) is 17.3 Å². The molecule has 0 atom stereocenters. The molecule has 2 nitrogen and oxygen atoms in total. The fraction of sp³-hybridized carbons (Fsp3) is 1.00. The Morgan fingerprint density at radius 3 is 2.78 bits per heavy atom. The van der Waals surface area contributed by atoms with Crippen molar-refractivity contribution in [3.05, 3.63) is 0 Å². The molecular formula is C7H16N2. The highest BCUT2D eigenvalue weighted by atomic mass is 15.2. The van der Waals surface area contributed by atoms with Crippen molar-refractivity contribution >= 4 is 0 Å².